The summed E-state index contributed by atoms with van der Waals surface area (Å²) in [7, 11) is 3.57. The van der Waals surface area contributed by atoms with Crippen LogP contribution >= 0.6 is 0 Å². The summed E-state index contributed by atoms with van der Waals surface area (Å²) < 4.78 is 4.71. The van der Waals surface area contributed by atoms with Crippen LogP contribution in [0.15, 0.2) is 24.3 Å². The maximum atomic E-state index is 11.4. The molecule has 104 valence electrons. The van der Waals surface area contributed by atoms with Gasteiger partial charge in [-0.05, 0) is 31.7 Å². The molecule has 1 aromatic rings. The Labute approximate surface area is 115 Å². The van der Waals surface area contributed by atoms with Crippen LogP contribution in [0.2, 0.25) is 0 Å². The minimum Gasteiger partial charge on any atom is -0.465 e. The number of likely N-dealkylation sites (N-methyl/N-ethyl adjacent to an activating group) is 1. The Bertz CT molecular complexity index is 422. The average Bonchev–Trinajstić information content (AvgIpc) is 2.46. The van der Waals surface area contributed by atoms with Crippen molar-refractivity contribution in [2.45, 2.75) is 13.0 Å². The van der Waals surface area contributed by atoms with Crippen LogP contribution in [0.3, 0.4) is 0 Å². The normalized spacial score (nSPS) is 19.1. The zero-order chi connectivity index (χ0) is 13.8. The monoisotopic (exact) mass is 262 g/mol. The van der Waals surface area contributed by atoms with Gasteiger partial charge in [0.05, 0.1) is 12.7 Å². The number of ether oxygens (including phenoxy) is 1. The summed E-state index contributed by atoms with van der Waals surface area (Å²) in [6.07, 6.45) is 0. The largest absolute Gasteiger partial charge is 0.465 e. The number of rotatable bonds is 3. The molecule has 1 fully saturated rings. The lowest BCUT2D eigenvalue weighted by Crippen LogP contribution is -2.45. The highest BCUT2D eigenvalue weighted by atomic mass is 16.5. The van der Waals surface area contributed by atoms with E-state index >= 15 is 0 Å². The topological polar surface area (TPSA) is 32.8 Å². The Kier molecular flexibility index (Phi) is 4.56. The van der Waals surface area contributed by atoms with E-state index in [-0.39, 0.29) is 5.97 Å². The number of esters is 1. The molecule has 2 rings (SSSR count). The molecule has 4 nitrogen and oxygen atoms in total. The van der Waals surface area contributed by atoms with Gasteiger partial charge in [-0.15, -0.1) is 0 Å². The maximum absolute atomic E-state index is 11.4. The van der Waals surface area contributed by atoms with Crippen LogP contribution in [-0.2, 0) is 4.74 Å². The zero-order valence-corrected chi connectivity index (χ0v) is 11.9. The van der Waals surface area contributed by atoms with Crippen LogP contribution in [0, 0.1) is 0 Å². The third-order valence-corrected chi connectivity index (χ3v) is 3.90. The number of carbonyl (C=O) groups excluding carboxylic acids is 1. The van der Waals surface area contributed by atoms with Gasteiger partial charge in [0, 0.05) is 32.2 Å². The van der Waals surface area contributed by atoms with Crippen molar-refractivity contribution in [1.29, 1.82) is 0 Å². The second-order valence-corrected chi connectivity index (χ2v) is 5.13. The third-order valence-electron chi connectivity index (χ3n) is 3.90. The van der Waals surface area contributed by atoms with E-state index in [1.165, 1.54) is 12.7 Å². The van der Waals surface area contributed by atoms with Crippen molar-refractivity contribution >= 4 is 5.97 Å². The van der Waals surface area contributed by atoms with E-state index in [9.17, 15) is 4.79 Å². The highest BCUT2D eigenvalue weighted by Crippen LogP contribution is 2.21. The summed E-state index contributed by atoms with van der Waals surface area (Å²) in [4.78, 5) is 16.2. The first-order chi connectivity index (χ1) is 9.11. The van der Waals surface area contributed by atoms with E-state index in [1.54, 1.807) is 0 Å². The number of methoxy groups -OCH3 is 1. The molecule has 1 heterocycles. The van der Waals surface area contributed by atoms with Crippen molar-refractivity contribution in [1.82, 2.24) is 9.80 Å². The van der Waals surface area contributed by atoms with E-state index < -0.39 is 0 Å². The van der Waals surface area contributed by atoms with Gasteiger partial charge in [0.1, 0.15) is 0 Å². The molecular weight excluding hydrogens is 240 g/mol. The van der Waals surface area contributed by atoms with Crippen molar-refractivity contribution in [3.05, 3.63) is 35.4 Å². The highest BCUT2D eigenvalue weighted by molar-refractivity contribution is 5.89. The first-order valence-electron chi connectivity index (χ1n) is 6.72. The van der Waals surface area contributed by atoms with E-state index in [0.29, 0.717) is 11.6 Å². The predicted molar refractivity (Wildman–Crippen MR) is 75.3 cm³/mol. The SMILES string of the molecule is COC(=O)c1ccc([C@@H](C)N2CCN(C)CC2)cc1. The smallest absolute Gasteiger partial charge is 0.337 e. The number of benzene rings is 1. The van der Waals surface area contributed by atoms with Gasteiger partial charge >= 0.3 is 5.97 Å². The summed E-state index contributed by atoms with van der Waals surface area (Å²) in [6, 6.07) is 8.12. The average molecular weight is 262 g/mol. The summed E-state index contributed by atoms with van der Waals surface area (Å²) >= 11 is 0. The first-order valence-corrected chi connectivity index (χ1v) is 6.72. The Morgan fingerprint density at radius 2 is 1.74 bits per heavy atom. The third kappa shape index (κ3) is 3.33. The van der Waals surface area contributed by atoms with Gasteiger partial charge in [0.2, 0.25) is 0 Å². The summed E-state index contributed by atoms with van der Waals surface area (Å²) in [6.45, 7) is 6.64. The molecule has 0 amide bonds. The van der Waals surface area contributed by atoms with Gasteiger partial charge in [-0.2, -0.15) is 0 Å². The van der Waals surface area contributed by atoms with Gasteiger partial charge in [0.15, 0.2) is 0 Å². The van der Waals surface area contributed by atoms with Gasteiger partial charge in [0.25, 0.3) is 0 Å². The molecule has 1 aliphatic rings. The number of nitrogens with zero attached hydrogens (tertiary/aromatic N) is 2. The van der Waals surface area contributed by atoms with E-state index in [0.717, 1.165) is 26.2 Å². The van der Waals surface area contributed by atoms with Crippen LogP contribution in [-0.4, -0.2) is 56.1 Å². The molecular formula is C15H22N2O2. The van der Waals surface area contributed by atoms with Crippen molar-refractivity contribution < 1.29 is 9.53 Å². The second kappa shape index (κ2) is 6.17. The molecule has 0 bridgehead atoms. The molecule has 0 unspecified atom stereocenters. The van der Waals surface area contributed by atoms with E-state index in [1.807, 2.05) is 24.3 Å². The molecule has 0 saturated carbocycles. The number of piperazine rings is 1. The lowest BCUT2D eigenvalue weighted by atomic mass is 10.0. The molecule has 19 heavy (non-hydrogen) atoms. The van der Waals surface area contributed by atoms with Crippen LogP contribution < -0.4 is 0 Å². The van der Waals surface area contributed by atoms with Gasteiger partial charge in [-0.25, -0.2) is 4.79 Å². The van der Waals surface area contributed by atoms with Crippen LogP contribution in [0.25, 0.3) is 0 Å². The van der Waals surface area contributed by atoms with Crippen molar-refractivity contribution in [2.75, 3.05) is 40.3 Å². The molecule has 0 radical (unpaired) electrons. The molecule has 1 aliphatic heterocycles. The lowest BCUT2D eigenvalue weighted by Gasteiger charge is -2.36. The minimum atomic E-state index is -0.279. The van der Waals surface area contributed by atoms with E-state index in [2.05, 4.69) is 23.8 Å². The molecule has 1 saturated heterocycles. The van der Waals surface area contributed by atoms with Gasteiger partial charge in [-0.1, -0.05) is 12.1 Å². The van der Waals surface area contributed by atoms with Gasteiger partial charge in [-0.3, -0.25) is 4.90 Å². The van der Waals surface area contributed by atoms with Gasteiger partial charge < -0.3 is 9.64 Å². The van der Waals surface area contributed by atoms with Crippen LogP contribution in [0.1, 0.15) is 28.9 Å². The molecule has 1 atom stereocenters. The molecule has 0 aliphatic carbocycles. The van der Waals surface area contributed by atoms with Crippen LogP contribution in [0.5, 0.6) is 0 Å². The van der Waals surface area contributed by atoms with E-state index in [4.69, 9.17) is 4.74 Å². The second-order valence-electron chi connectivity index (χ2n) is 5.13. The fourth-order valence-electron chi connectivity index (χ4n) is 2.44. The fraction of sp³-hybridized carbons (Fsp3) is 0.533. The molecule has 0 spiro atoms. The molecule has 1 aromatic carbocycles. The number of hydrogen-bond acceptors (Lipinski definition) is 4. The summed E-state index contributed by atoms with van der Waals surface area (Å²) in [5, 5.41) is 0. The number of carbonyl (C=O) groups is 1. The molecule has 0 aromatic heterocycles. The molecule has 4 heteroatoms. The summed E-state index contributed by atoms with van der Waals surface area (Å²) in [5.41, 5.74) is 1.86. The fourth-order valence-corrected chi connectivity index (χ4v) is 2.44. The Morgan fingerprint density at radius 1 is 1.16 bits per heavy atom. The minimum absolute atomic E-state index is 0.279. The van der Waals surface area contributed by atoms with Crippen LogP contribution in [0.4, 0.5) is 0 Å². The Hall–Kier alpha value is -1.39. The summed E-state index contributed by atoms with van der Waals surface area (Å²) in [5.74, 6) is -0.279. The number of hydrogen-bond donors (Lipinski definition) is 0. The first kappa shape index (κ1) is 14.0. The highest BCUT2D eigenvalue weighted by Gasteiger charge is 2.20. The van der Waals surface area contributed by atoms with Crippen molar-refractivity contribution in [3.63, 3.8) is 0 Å². The molecule has 0 N–H and O–H groups in total. The Balaban J connectivity index is 2.03. The zero-order valence-electron chi connectivity index (χ0n) is 11.9. The lowest BCUT2D eigenvalue weighted by molar-refractivity contribution is 0.0600. The predicted octanol–water partition coefficient (Wildman–Crippen LogP) is 1.78. The maximum Gasteiger partial charge on any atom is 0.337 e. The Morgan fingerprint density at radius 3 is 2.26 bits per heavy atom. The quantitative estimate of drug-likeness (QED) is 0.777. The van der Waals surface area contributed by atoms with Crippen molar-refractivity contribution in [2.24, 2.45) is 0 Å². The standard InChI is InChI=1S/C15H22N2O2/c1-12(17-10-8-16(2)9-11-17)13-4-6-14(7-5-13)15(18)19-3/h4-7,12H,8-11H2,1-3H3/t12-/m1/s1. The van der Waals surface area contributed by atoms with Crippen molar-refractivity contribution in [3.8, 4) is 0 Å².